The van der Waals surface area contributed by atoms with Crippen molar-refractivity contribution in [3.05, 3.63) is 22.6 Å². The molecule has 1 aliphatic heterocycles. The zero-order valence-corrected chi connectivity index (χ0v) is 20.0. The Morgan fingerprint density at radius 1 is 1.30 bits per heavy atom. The number of hydrogen-bond acceptors (Lipinski definition) is 6. The van der Waals surface area contributed by atoms with Crippen molar-refractivity contribution in [3.63, 3.8) is 0 Å². The third-order valence-electron chi connectivity index (χ3n) is 5.33. The van der Waals surface area contributed by atoms with Gasteiger partial charge < -0.3 is 19.7 Å². The highest BCUT2D eigenvalue weighted by atomic mass is 32.1. The Labute approximate surface area is 194 Å². The van der Waals surface area contributed by atoms with Crippen LogP contribution in [0.5, 0.6) is 5.88 Å². The molecule has 182 valence electrons. The van der Waals surface area contributed by atoms with Crippen molar-refractivity contribution in [2.75, 3.05) is 13.6 Å². The van der Waals surface area contributed by atoms with Crippen molar-refractivity contribution in [2.45, 2.75) is 70.9 Å². The predicted octanol–water partition coefficient (Wildman–Crippen LogP) is 5.23. The molecule has 0 aromatic carbocycles. The number of nitrogens with zero attached hydrogens (tertiary/aromatic N) is 2. The molecule has 3 rings (SSSR count). The summed E-state index contributed by atoms with van der Waals surface area (Å²) in [4.78, 5) is 30.5. The number of aromatic nitrogens is 1. The van der Waals surface area contributed by atoms with Crippen molar-refractivity contribution in [2.24, 2.45) is 0 Å². The average molecular weight is 488 g/mol. The largest absolute Gasteiger partial charge is 0.474 e. The third kappa shape index (κ3) is 5.69. The molecule has 1 fully saturated rings. The van der Waals surface area contributed by atoms with Crippen LogP contribution in [0.25, 0.3) is 10.2 Å². The lowest BCUT2D eigenvalue weighted by Crippen LogP contribution is -2.50. The lowest BCUT2D eigenvalue weighted by molar-refractivity contribution is -0.136. The molecule has 2 aromatic heterocycles. The van der Waals surface area contributed by atoms with Crippen molar-refractivity contribution >= 4 is 33.6 Å². The first-order valence-electron chi connectivity index (χ1n) is 10.7. The molecule has 2 amide bonds. The highest BCUT2D eigenvalue weighted by molar-refractivity contribution is 7.17. The summed E-state index contributed by atoms with van der Waals surface area (Å²) in [7, 11) is 1.40. The Morgan fingerprint density at radius 3 is 2.58 bits per heavy atom. The summed E-state index contributed by atoms with van der Waals surface area (Å²) in [5, 5.41) is 3.78. The van der Waals surface area contributed by atoms with Gasteiger partial charge >= 0.3 is 12.3 Å². The van der Waals surface area contributed by atoms with E-state index in [2.05, 4.69) is 10.3 Å². The fourth-order valence-electron chi connectivity index (χ4n) is 3.79. The molecule has 2 atom stereocenters. The Morgan fingerprint density at radius 2 is 2.00 bits per heavy atom. The molecular weight excluding hydrogens is 459 g/mol. The van der Waals surface area contributed by atoms with Crippen LogP contribution >= 0.6 is 11.3 Å². The second-order valence-electron chi connectivity index (χ2n) is 8.91. The van der Waals surface area contributed by atoms with E-state index in [0.29, 0.717) is 25.8 Å². The zero-order valence-electron chi connectivity index (χ0n) is 19.2. The first kappa shape index (κ1) is 25.1. The van der Waals surface area contributed by atoms with Crippen LogP contribution in [0.15, 0.2) is 11.4 Å². The number of fused-ring (bicyclic) bond motifs is 1. The van der Waals surface area contributed by atoms with Crippen molar-refractivity contribution in [1.82, 2.24) is 15.2 Å². The zero-order chi connectivity index (χ0) is 24.6. The summed E-state index contributed by atoms with van der Waals surface area (Å²) in [5.74, 6) is -0.709. The number of nitrogens with one attached hydrogen (secondary N) is 1. The smallest absolute Gasteiger partial charge is 0.418 e. The van der Waals surface area contributed by atoms with Crippen LogP contribution in [-0.4, -0.2) is 53.2 Å². The lowest BCUT2D eigenvalue weighted by atomic mass is 9.98. The van der Waals surface area contributed by atoms with Crippen LogP contribution in [-0.2, 0) is 10.9 Å². The maximum absolute atomic E-state index is 13.7. The van der Waals surface area contributed by atoms with Gasteiger partial charge in [-0.15, -0.1) is 11.3 Å². The van der Waals surface area contributed by atoms with E-state index in [0.717, 1.165) is 17.4 Å². The molecule has 7 nitrogen and oxygen atoms in total. The molecule has 1 aliphatic rings. The topological polar surface area (TPSA) is 80.8 Å². The predicted molar refractivity (Wildman–Crippen MR) is 119 cm³/mol. The number of carbonyl (C=O) groups excluding carboxylic acids is 2. The Hall–Kier alpha value is -2.56. The summed E-state index contributed by atoms with van der Waals surface area (Å²) in [6.45, 7) is 7.66. The van der Waals surface area contributed by atoms with E-state index in [-0.39, 0.29) is 27.7 Å². The monoisotopic (exact) mass is 487 g/mol. The summed E-state index contributed by atoms with van der Waals surface area (Å²) in [6.07, 6.45) is -3.98. The van der Waals surface area contributed by atoms with Crippen molar-refractivity contribution < 1.29 is 32.2 Å². The molecule has 3 heterocycles. The maximum atomic E-state index is 13.7. The van der Waals surface area contributed by atoms with Crippen molar-refractivity contribution in [1.29, 1.82) is 0 Å². The normalized spacial score (nSPS) is 19.5. The van der Waals surface area contributed by atoms with Gasteiger partial charge in [0.2, 0.25) is 5.88 Å². The van der Waals surface area contributed by atoms with Gasteiger partial charge in [-0.1, -0.05) is 6.92 Å². The number of piperidine rings is 1. The average Bonchev–Trinajstić information content (AvgIpc) is 3.14. The SMILES string of the molecule is CC[C@@H]1C[C@@H](Oc2cc(C(F)(F)F)c3scc(C(=O)NC)c3n2)CCN1C(=O)OC(C)(C)C. The molecule has 1 saturated heterocycles. The number of halogens is 3. The number of thiophene rings is 1. The molecule has 0 radical (unpaired) electrons. The van der Waals surface area contributed by atoms with E-state index in [1.54, 1.807) is 25.7 Å². The molecule has 0 aliphatic carbocycles. The number of rotatable bonds is 4. The summed E-state index contributed by atoms with van der Waals surface area (Å²) in [6, 6.07) is 0.709. The summed E-state index contributed by atoms with van der Waals surface area (Å²) >= 11 is 0.821. The number of ether oxygens (including phenoxy) is 2. The molecule has 0 saturated carbocycles. The first-order chi connectivity index (χ1) is 15.3. The minimum absolute atomic E-state index is 0.0394. The molecule has 33 heavy (non-hydrogen) atoms. The van der Waals surface area contributed by atoms with E-state index >= 15 is 0 Å². The minimum Gasteiger partial charge on any atom is -0.474 e. The van der Waals surface area contributed by atoms with Gasteiger partial charge in [0.05, 0.1) is 21.3 Å². The fraction of sp³-hybridized carbons (Fsp3) is 0.591. The number of carbonyl (C=O) groups is 2. The Kier molecular flexibility index (Phi) is 7.11. The number of alkyl halides is 3. The van der Waals surface area contributed by atoms with Gasteiger partial charge in [0, 0.05) is 43.9 Å². The molecule has 2 aromatic rings. The second kappa shape index (κ2) is 9.36. The van der Waals surface area contributed by atoms with Gasteiger partial charge in [0.15, 0.2) is 0 Å². The van der Waals surface area contributed by atoms with E-state index in [1.807, 2.05) is 6.92 Å². The first-order valence-corrected chi connectivity index (χ1v) is 11.6. The van der Waals surface area contributed by atoms with Gasteiger partial charge in [-0.05, 0) is 27.2 Å². The maximum Gasteiger partial charge on any atom is 0.418 e. The van der Waals surface area contributed by atoms with Crippen LogP contribution in [0.3, 0.4) is 0 Å². The highest BCUT2D eigenvalue weighted by Gasteiger charge is 2.37. The Balaban J connectivity index is 1.86. The third-order valence-corrected chi connectivity index (χ3v) is 6.33. The number of likely N-dealkylation sites (tertiary alicyclic amines) is 1. The molecular formula is C22H28F3N3O4S. The van der Waals surface area contributed by atoms with Crippen LogP contribution in [0.2, 0.25) is 0 Å². The van der Waals surface area contributed by atoms with Gasteiger partial charge in [0.25, 0.3) is 5.91 Å². The number of hydrogen-bond donors (Lipinski definition) is 1. The standard InChI is InChI=1S/C22H28F3N3O4S/c1-6-12-9-13(7-8-28(12)20(30)32-21(2,3)4)31-16-10-15(22(23,24)25)18-17(27-16)14(11-33-18)19(29)26-5/h10-13H,6-9H2,1-5H3,(H,26,29)/t12-,13+/m1/s1. The van der Waals surface area contributed by atoms with Crippen LogP contribution < -0.4 is 10.1 Å². The Bertz CT molecular complexity index is 1030. The molecule has 11 heteroatoms. The molecule has 1 N–H and O–H groups in total. The van der Waals surface area contributed by atoms with Crippen LogP contribution in [0.4, 0.5) is 18.0 Å². The summed E-state index contributed by atoms with van der Waals surface area (Å²) in [5.41, 5.74) is -1.48. The van der Waals surface area contributed by atoms with Crippen molar-refractivity contribution in [3.8, 4) is 5.88 Å². The summed E-state index contributed by atoms with van der Waals surface area (Å²) < 4.78 is 52.4. The lowest BCUT2D eigenvalue weighted by Gasteiger charge is -2.39. The van der Waals surface area contributed by atoms with Gasteiger partial charge in [-0.25, -0.2) is 9.78 Å². The quantitative estimate of drug-likeness (QED) is 0.639. The second-order valence-corrected chi connectivity index (χ2v) is 9.79. The molecule has 0 unspecified atom stereocenters. The van der Waals surface area contributed by atoms with Gasteiger partial charge in [-0.2, -0.15) is 13.2 Å². The van der Waals surface area contributed by atoms with Crippen LogP contribution in [0, 0.1) is 0 Å². The number of pyridine rings is 1. The minimum atomic E-state index is -4.63. The molecule has 0 bridgehead atoms. The van der Waals surface area contributed by atoms with E-state index < -0.39 is 35.4 Å². The van der Waals surface area contributed by atoms with Gasteiger partial charge in [0.1, 0.15) is 11.7 Å². The fourth-order valence-corrected chi connectivity index (χ4v) is 4.82. The van der Waals surface area contributed by atoms with E-state index in [1.165, 1.54) is 12.4 Å². The molecule has 0 spiro atoms. The van der Waals surface area contributed by atoms with E-state index in [9.17, 15) is 22.8 Å². The number of amides is 2. The van der Waals surface area contributed by atoms with E-state index in [4.69, 9.17) is 9.47 Å². The highest BCUT2D eigenvalue weighted by Crippen LogP contribution is 2.40. The van der Waals surface area contributed by atoms with Gasteiger partial charge in [-0.3, -0.25) is 4.79 Å². The van der Waals surface area contributed by atoms with Crippen LogP contribution in [0.1, 0.15) is 62.9 Å².